The maximum absolute atomic E-state index is 6.35. The molecule has 0 radical (unpaired) electrons. The summed E-state index contributed by atoms with van der Waals surface area (Å²) in [5, 5.41) is 4.68. The van der Waals surface area contributed by atoms with Crippen LogP contribution in [0.2, 0.25) is 0 Å². The fraction of sp³-hybridized carbons (Fsp3) is 0. The Morgan fingerprint density at radius 2 is 1.38 bits per heavy atom. The molecule has 0 unspecified atom stereocenters. The summed E-state index contributed by atoms with van der Waals surface area (Å²) in [6.07, 6.45) is 1.88. The van der Waals surface area contributed by atoms with Crippen molar-refractivity contribution in [1.82, 2.24) is 4.98 Å². The summed E-state index contributed by atoms with van der Waals surface area (Å²) < 4.78 is 6.35. The van der Waals surface area contributed by atoms with Crippen molar-refractivity contribution < 1.29 is 4.42 Å². The number of para-hydroxylation sites is 1. The first-order valence-corrected chi connectivity index (χ1v) is 9.73. The molecule has 2 heteroatoms. The minimum atomic E-state index is 0.891. The van der Waals surface area contributed by atoms with Crippen molar-refractivity contribution >= 4 is 32.7 Å². The molecule has 2 heterocycles. The van der Waals surface area contributed by atoms with Crippen molar-refractivity contribution in [3.63, 3.8) is 0 Å². The van der Waals surface area contributed by atoms with Gasteiger partial charge in [-0.2, -0.15) is 0 Å². The quantitative estimate of drug-likeness (QED) is 0.315. The largest absolute Gasteiger partial charge is 0.455 e. The summed E-state index contributed by atoms with van der Waals surface area (Å²) in [6, 6.07) is 33.5. The van der Waals surface area contributed by atoms with Gasteiger partial charge in [-0.15, -0.1) is 0 Å². The van der Waals surface area contributed by atoms with Crippen molar-refractivity contribution in [1.29, 1.82) is 0 Å². The monoisotopic (exact) mass is 371 g/mol. The Morgan fingerprint density at radius 3 is 2.28 bits per heavy atom. The molecule has 0 saturated heterocycles. The van der Waals surface area contributed by atoms with E-state index in [1.807, 2.05) is 24.4 Å². The Kier molecular flexibility index (Phi) is 3.50. The molecular weight excluding hydrogens is 354 g/mol. The summed E-state index contributed by atoms with van der Waals surface area (Å²) >= 11 is 0. The summed E-state index contributed by atoms with van der Waals surface area (Å²) in [5.41, 5.74) is 6.06. The lowest BCUT2D eigenvalue weighted by molar-refractivity contribution is 0.670. The van der Waals surface area contributed by atoms with E-state index in [1.54, 1.807) is 0 Å². The van der Waals surface area contributed by atoms with Crippen LogP contribution >= 0.6 is 0 Å². The molecule has 0 bridgehead atoms. The number of hydrogen-bond acceptors (Lipinski definition) is 2. The smallest absolute Gasteiger partial charge is 0.145 e. The second-order valence-corrected chi connectivity index (χ2v) is 7.24. The number of furan rings is 1. The van der Waals surface area contributed by atoms with Crippen molar-refractivity contribution in [2.45, 2.75) is 0 Å². The van der Waals surface area contributed by atoms with Gasteiger partial charge in [0, 0.05) is 22.5 Å². The number of pyridine rings is 1. The molecular formula is C27H17NO. The van der Waals surface area contributed by atoms with E-state index >= 15 is 0 Å². The topological polar surface area (TPSA) is 26.0 Å². The predicted octanol–water partition coefficient (Wildman–Crippen LogP) is 7.47. The van der Waals surface area contributed by atoms with Gasteiger partial charge in [0.2, 0.25) is 0 Å². The Balaban J connectivity index is 1.70. The summed E-state index contributed by atoms with van der Waals surface area (Å²) in [5.74, 6) is 0. The highest BCUT2D eigenvalue weighted by Crippen LogP contribution is 2.40. The second-order valence-electron chi connectivity index (χ2n) is 7.24. The van der Waals surface area contributed by atoms with Gasteiger partial charge in [0.1, 0.15) is 11.2 Å². The first-order chi connectivity index (χ1) is 14.4. The number of benzene rings is 4. The van der Waals surface area contributed by atoms with Crippen LogP contribution in [0.4, 0.5) is 0 Å². The van der Waals surface area contributed by atoms with Crippen molar-refractivity contribution in [3.05, 3.63) is 103 Å². The Morgan fingerprint density at radius 1 is 0.621 bits per heavy atom. The Hall–Kier alpha value is -3.91. The van der Waals surface area contributed by atoms with Gasteiger partial charge in [-0.1, -0.05) is 72.8 Å². The molecule has 0 saturated carbocycles. The van der Waals surface area contributed by atoms with Gasteiger partial charge in [0.25, 0.3) is 0 Å². The lowest BCUT2D eigenvalue weighted by Gasteiger charge is -2.08. The first-order valence-electron chi connectivity index (χ1n) is 9.73. The summed E-state index contributed by atoms with van der Waals surface area (Å²) in [4.78, 5) is 4.70. The Labute approximate surface area is 168 Å². The van der Waals surface area contributed by atoms with Gasteiger partial charge in [-0.3, -0.25) is 4.98 Å². The van der Waals surface area contributed by atoms with Gasteiger partial charge in [0.15, 0.2) is 0 Å². The van der Waals surface area contributed by atoms with E-state index in [9.17, 15) is 0 Å². The average Bonchev–Trinajstić information content (AvgIpc) is 3.19. The SMILES string of the molecule is c1ccc(-c2ccnc(-c3cc4ccccc4c4c3oc3ccccc34)c2)cc1. The standard InChI is InChI=1S/C27H17NO/c1-2-8-18(9-3-1)19-14-15-28-24(17-19)23-16-20-10-4-5-11-21(20)26-22-12-6-7-13-25(22)29-27(23)26/h1-17H. The van der Waals surface area contributed by atoms with E-state index in [-0.39, 0.29) is 0 Å². The normalized spacial score (nSPS) is 11.4. The summed E-state index contributed by atoms with van der Waals surface area (Å²) in [6.45, 7) is 0. The van der Waals surface area contributed by atoms with Gasteiger partial charge in [0.05, 0.1) is 5.69 Å². The van der Waals surface area contributed by atoms with E-state index in [1.165, 1.54) is 16.3 Å². The zero-order valence-corrected chi connectivity index (χ0v) is 15.7. The third kappa shape index (κ3) is 2.54. The van der Waals surface area contributed by atoms with Crippen LogP contribution < -0.4 is 0 Å². The average molecular weight is 371 g/mol. The van der Waals surface area contributed by atoms with Crippen LogP contribution in [0.5, 0.6) is 0 Å². The lowest BCUT2D eigenvalue weighted by atomic mass is 9.97. The number of hydrogen-bond donors (Lipinski definition) is 0. The van der Waals surface area contributed by atoms with Crippen molar-refractivity contribution in [3.8, 4) is 22.4 Å². The molecule has 0 atom stereocenters. The molecule has 4 aromatic carbocycles. The molecule has 0 spiro atoms. The third-order valence-corrected chi connectivity index (χ3v) is 5.51. The number of rotatable bonds is 2. The number of aromatic nitrogens is 1. The Bertz CT molecular complexity index is 1500. The predicted molar refractivity (Wildman–Crippen MR) is 120 cm³/mol. The van der Waals surface area contributed by atoms with E-state index in [0.717, 1.165) is 38.8 Å². The van der Waals surface area contributed by atoms with Crippen LogP contribution in [0, 0.1) is 0 Å². The molecule has 0 aliphatic heterocycles. The lowest BCUT2D eigenvalue weighted by Crippen LogP contribution is -1.87. The number of fused-ring (bicyclic) bond motifs is 5. The van der Waals surface area contributed by atoms with E-state index in [4.69, 9.17) is 9.40 Å². The summed E-state index contributed by atoms with van der Waals surface area (Å²) in [7, 11) is 0. The zero-order valence-electron chi connectivity index (χ0n) is 15.7. The van der Waals surface area contributed by atoms with Crippen molar-refractivity contribution in [2.75, 3.05) is 0 Å². The van der Waals surface area contributed by atoms with Crippen LogP contribution in [-0.2, 0) is 0 Å². The molecule has 29 heavy (non-hydrogen) atoms. The maximum Gasteiger partial charge on any atom is 0.145 e. The molecule has 0 aliphatic rings. The van der Waals surface area contributed by atoms with Crippen LogP contribution in [0.25, 0.3) is 55.1 Å². The minimum Gasteiger partial charge on any atom is -0.455 e. The fourth-order valence-corrected chi connectivity index (χ4v) is 4.15. The molecule has 6 rings (SSSR count). The zero-order chi connectivity index (χ0) is 19.2. The molecule has 0 amide bonds. The van der Waals surface area contributed by atoms with Crippen LogP contribution in [0.3, 0.4) is 0 Å². The maximum atomic E-state index is 6.35. The van der Waals surface area contributed by atoms with Crippen molar-refractivity contribution in [2.24, 2.45) is 0 Å². The molecule has 2 nitrogen and oxygen atoms in total. The fourth-order valence-electron chi connectivity index (χ4n) is 4.15. The van der Waals surface area contributed by atoms with Gasteiger partial charge >= 0.3 is 0 Å². The van der Waals surface area contributed by atoms with Crippen LogP contribution in [0.15, 0.2) is 108 Å². The molecule has 136 valence electrons. The molecule has 0 aliphatic carbocycles. The first kappa shape index (κ1) is 16.1. The highest BCUT2D eigenvalue weighted by molar-refractivity contribution is 6.22. The van der Waals surface area contributed by atoms with Gasteiger partial charge in [-0.05, 0) is 46.2 Å². The van der Waals surface area contributed by atoms with Crippen LogP contribution in [0.1, 0.15) is 0 Å². The van der Waals surface area contributed by atoms with E-state index < -0.39 is 0 Å². The highest BCUT2D eigenvalue weighted by Gasteiger charge is 2.16. The number of nitrogens with zero attached hydrogens (tertiary/aromatic N) is 1. The molecule has 0 N–H and O–H groups in total. The van der Waals surface area contributed by atoms with E-state index in [0.29, 0.717) is 0 Å². The molecule has 6 aromatic rings. The van der Waals surface area contributed by atoms with E-state index in [2.05, 4.69) is 78.9 Å². The molecule has 0 fully saturated rings. The van der Waals surface area contributed by atoms with Gasteiger partial charge < -0.3 is 4.42 Å². The van der Waals surface area contributed by atoms with Gasteiger partial charge in [-0.25, -0.2) is 0 Å². The third-order valence-electron chi connectivity index (χ3n) is 5.51. The molecule has 2 aromatic heterocycles. The minimum absolute atomic E-state index is 0.891. The highest BCUT2D eigenvalue weighted by atomic mass is 16.3. The second kappa shape index (κ2) is 6.32. The van der Waals surface area contributed by atoms with Crippen LogP contribution in [-0.4, -0.2) is 4.98 Å².